The minimum atomic E-state index is -1.44. The first-order chi connectivity index (χ1) is 7.95. The lowest BCUT2D eigenvalue weighted by Gasteiger charge is -2.34. The van der Waals surface area contributed by atoms with E-state index in [9.17, 15) is 14.3 Å². The summed E-state index contributed by atoms with van der Waals surface area (Å²) in [5.41, 5.74) is 4.64. The Hall–Kier alpha value is -0.680. The summed E-state index contributed by atoms with van der Waals surface area (Å²) in [4.78, 5) is 11.9. The summed E-state index contributed by atoms with van der Waals surface area (Å²) in [7, 11) is 0. The normalized spacial score (nSPS) is 27.8. The summed E-state index contributed by atoms with van der Waals surface area (Å²) in [6, 6.07) is 4.02. The maximum atomic E-state index is 13.8. The van der Waals surface area contributed by atoms with Crippen LogP contribution in [0.1, 0.15) is 24.8 Å². The number of rotatable bonds is 1. The molecule has 18 heavy (non-hydrogen) atoms. The molecular formula is C12H14Cl2FNO2. The van der Waals surface area contributed by atoms with Gasteiger partial charge in [-0.05, 0) is 31.4 Å². The van der Waals surface area contributed by atoms with Gasteiger partial charge < -0.3 is 10.8 Å². The van der Waals surface area contributed by atoms with Crippen LogP contribution in [-0.2, 0) is 10.3 Å². The summed E-state index contributed by atoms with van der Waals surface area (Å²) in [6.07, 6.45) is 0.198. The van der Waals surface area contributed by atoms with Crippen LogP contribution in [0.2, 0.25) is 5.02 Å². The zero-order valence-corrected chi connectivity index (χ0v) is 11.1. The molecule has 100 valence electrons. The van der Waals surface area contributed by atoms with Gasteiger partial charge in [0.25, 0.3) is 0 Å². The van der Waals surface area contributed by atoms with Crippen molar-refractivity contribution < 1.29 is 14.3 Å². The Balaban J connectivity index is 0.00000162. The van der Waals surface area contributed by atoms with Gasteiger partial charge in [0, 0.05) is 10.6 Å². The third-order valence-electron chi connectivity index (χ3n) is 3.20. The molecule has 1 aliphatic carbocycles. The minimum absolute atomic E-state index is 0. The number of Topliss-reactive ketones (excluding diaryl/α,β-unsaturated/α-hetero) is 1. The molecule has 0 bridgehead atoms. The van der Waals surface area contributed by atoms with Crippen molar-refractivity contribution in [3.63, 3.8) is 0 Å². The first-order valence-corrected chi connectivity index (χ1v) is 5.80. The van der Waals surface area contributed by atoms with Crippen LogP contribution < -0.4 is 5.73 Å². The van der Waals surface area contributed by atoms with Crippen molar-refractivity contribution in [3.8, 4) is 0 Å². The van der Waals surface area contributed by atoms with Gasteiger partial charge in [0.15, 0.2) is 5.78 Å². The summed E-state index contributed by atoms with van der Waals surface area (Å²) < 4.78 is 13.8. The molecule has 1 aromatic carbocycles. The predicted octanol–water partition coefficient (Wildman–Crippen LogP) is 2.17. The third-order valence-corrected chi connectivity index (χ3v) is 3.44. The van der Waals surface area contributed by atoms with Gasteiger partial charge in [-0.1, -0.05) is 17.7 Å². The lowest BCUT2D eigenvalue weighted by Crippen LogP contribution is -2.53. The molecule has 0 spiro atoms. The molecule has 2 atom stereocenters. The molecule has 0 saturated heterocycles. The van der Waals surface area contributed by atoms with Crippen molar-refractivity contribution in [3.05, 3.63) is 34.6 Å². The Kier molecular flexibility index (Phi) is 4.72. The summed E-state index contributed by atoms with van der Waals surface area (Å²) >= 11 is 5.65. The molecule has 1 saturated carbocycles. The van der Waals surface area contributed by atoms with Gasteiger partial charge >= 0.3 is 0 Å². The maximum absolute atomic E-state index is 13.8. The van der Waals surface area contributed by atoms with E-state index in [0.717, 1.165) is 6.07 Å². The SMILES string of the molecule is Cl.NC1(c2ccc(Cl)cc2F)CCCC(O)C1=O. The zero-order valence-electron chi connectivity index (χ0n) is 9.53. The van der Waals surface area contributed by atoms with E-state index in [0.29, 0.717) is 19.3 Å². The minimum Gasteiger partial charge on any atom is -0.385 e. The number of halogens is 3. The second kappa shape index (κ2) is 5.53. The fraction of sp³-hybridized carbons (Fsp3) is 0.417. The average molecular weight is 294 g/mol. The van der Waals surface area contributed by atoms with Crippen molar-refractivity contribution in [2.75, 3.05) is 0 Å². The average Bonchev–Trinajstić information content (AvgIpc) is 2.25. The first kappa shape index (κ1) is 15.4. The van der Waals surface area contributed by atoms with Crippen molar-refractivity contribution in [2.24, 2.45) is 5.73 Å². The van der Waals surface area contributed by atoms with Crippen LogP contribution in [0.4, 0.5) is 4.39 Å². The zero-order chi connectivity index (χ0) is 12.6. The molecule has 2 unspecified atom stereocenters. The van der Waals surface area contributed by atoms with Crippen LogP contribution >= 0.6 is 24.0 Å². The lowest BCUT2D eigenvalue weighted by molar-refractivity contribution is -0.136. The van der Waals surface area contributed by atoms with Gasteiger partial charge in [0.05, 0.1) is 0 Å². The summed E-state index contributed by atoms with van der Waals surface area (Å²) in [5.74, 6) is -1.13. The Bertz CT molecular complexity index is 469. The van der Waals surface area contributed by atoms with E-state index >= 15 is 0 Å². The fourth-order valence-corrected chi connectivity index (χ4v) is 2.40. The molecule has 0 heterocycles. The van der Waals surface area contributed by atoms with E-state index in [1.807, 2.05) is 0 Å². The smallest absolute Gasteiger partial charge is 0.185 e. The highest BCUT2D eigenvalue weighted by Crippen LogP contribution is 2.34. The Morgan fingerprint density at radius 2 is 2.17 bits per heavy atom. The molecule has 1 aromatic rings. The van der Waals surface area contributed by atoms with Crippen LogP contribution in [0.5, 0.6) is 0 Å². The second-order valence-electron chi connectivity index (χ2n) is 4.37. The molecule has 1 aliphatic rings. The topological polar surface area (TPSA) is 63.3 Å². The molecular weight excluding hydrogens is 280 g/mol. The number of hydrogen-bond donors (Lipinski definition) is 2. The molecule has 1 fully saturated rings. The number of nitrogens with two attached hydrogens (primary N) is 1. The van der Waals surface area contributed by atoms with Gasteiger partial charge in [0.1, 0.15) is 17.5 Å². The maximum Gasteiger partial charge on any atom is 0.185 e. The highest BCUT2D eigenvalue weighted by Gasteiger charge is 2.43. The number of ketones is 1. The van der Waals surface area contributed by atoms with Gasteiger partial charge in [-0.15, -0.1) is 12.4 Å². The molecule has 6 heteroatoms. The Morgan fingerprint density at radius 3 is 2.78 bits per heavy atom. The van der Waals surface area contributed by atoms with Crippen LogP contribution in [0, 0.1) is 5.82 Å². The standard InChI is InChI=1S/C12H13ClFNO2.ClH/c13-7-3-4-8(9(14)6-7)12(15)5-1-2-10(16)11(12)17;/h3-4,6,10,16H,1-2,5,15H2;1H. The van der Waals surface area contributed by atoms with Crippen LogP contribution in [0.25, 0.3) is 0 Å². The van der Waals surface area contributed by atoms with E-state index in [1.54, 1.807) is 0 Å². The first-order valence-electron chi connectivity index (χ1n) is 5.42. The van der Waals surface area contributed by atoms with Crippen LogP contribution in [0.15, 0.2) is 18.2 Å². The molecule has 2 rings (SSSR count). The largest absolute Gasteiger partial charge is 0.385 e. The second-order valence-corrected chi connectivity index (χ2v) is 4.80. The van der Waals surface area contributed by atoms with E-state index in [-0.39, 0.29) is 23.0 Å². The number of hydrogen-bond acceptors (Lipinski definition) is 3. The number of aliphatic hydroxyl groups is 1. The number of carbonyl (C=O) groups excluding carboxylic acids is 1. The lowest BCUT2D eigenvalue weighted by atomic mass is 9.75. The quantitative estimate of drug-likeness (QED) is 0.834. The number of carbonyl (C=O) groups is 1. The predicted molar refractivity (Wildman–Crippen MR) is 69.4 cm³/mol. The fourth-order valence-electron chi connectivity index (χ4n) is 2.24. The Labute approximate surface area is 116 Å². The van der Waals surface area contributed by atoms with Gasteiger partial charge in [-0.3, -0.25) is 4.79 Å². The van der Waals surface area contributed by atoms with E-state index in [4.69, 9.17) is 17.3 Å². The summed E-state index contributed by atoms with van der Waals surface area (Å²) in [6.45, 7) is 0. The highest BCUT2D eigenvalue weighted by atomic mass is 35.5. The molecule has 0 aliphatic heterocycles. The molecule has 3 N–H and O–H groups in total. The number of aliphatic hydroxyl groups excluding tert-OH is 1. The molecule has 3 nitrogen and oxygen atoms in total. The van der Waals surface area contributed by atoms with E-state index < -0.39 is 23.2 Å². The summed E-state index contributed by atoms with van der Waals surface area (Å²) in [5, 5.41) is 9.79. The molecule has 0 aromatic heterocycles. The van der Waals surface area contributed by atoms with E-state index in [2.05, 4.69) is 0 Å². The van der Waals surface area contributed by atoms with Crippen LogP contribution in [-0.4, -0.2) is 17.0 Å². The van der Waals surface area contributed by atoms with Gasteiger partial charge in [-0.2, -0.15) is 0 Å². The monoisotopic (exact) mass is 293 g/mol. The van der Waals surface area contributed by atoms with Gasteiger partial charge in [0.2, 0.25) is 0 Å². The van der Waals surface area contributed by atoms with Crippen LogP contribution in [0.3, 0.4) is 0 Å². The highest BCUT2D eigenvalue weighted by molar-refractivity contribution is 6.30. The van der Waals surface area contributed by atoms with Crippen molar-refractivity contribution >= 4 is 29.8 Å². The van der Waals surface area contributed by atoms with Crippen molar-refractivity contribution in [1.82, 2.24) is 0 Å². The number of benzene rings is 1. The molecule has 0 radical (unpaired) electrons. The van der Waals surface area contributed by atoms with E-state index in [1.165, 1.54) is 12.1 Å². The van der Waals surface area contributed by atoms with Gasteiger partial charge in [-0.25, -0.2) is 4.39 Å². The molecule has 0 amide bonds. The van der Waals surface area contributed by atoms with Crippen molar-refractivity contribution in [2.45, 2.75) is 30.9 Å². The van der Waals surface area contributed by atoms with Crippen molar-refractivity contribution in [1.29, 1.82) is 0 Å². The Morgan fingerprint density at radius 1 is 1.50 bits per heavy atom. The third kappa shape index (κ3) is 2.52.